The number of imide groups is 1. The van der Waals surface area contributed by atoms with Crippen LogP contribution in [-0.2, 0) is 25.7 Å². The molecule has 4 amide bonds. The highest BCUT2D eigenvalue weighted by atomic mass is 35.5. The second kappa shape index (κ2) is 17.9. The summed E-state index contributed by atoms with van der Waals surface area (Å²) in [5.74, 6) is -0.140. The number of thiophene rings is 1. The van der Waals surface area contributed by atoms with Crippen LogP contribution in [-0.4, -0.2) is 74.0 Å². The average molecular weight is 915 g/mol. The minimum absolute atomic E-state index is 0.0206. The zero-order valence-corrected chi connectivity index (χ0v) is 36.7. The molecule has 1 saturated heterocycles. The van der Waals surface area contributed by atoms with E-state index >= 15 is 0 Å². The summed E-state index contributed by atoms with van der Waals surface area (Å²) in [5.41, 5.74) is 5.21. The molecule has 2 aromatic heterocycles. The van der Waals surface area contributed by atoms with E-state index in [0.29, 0.717) is 39.9 Å². The predicted octanol–water partition coefficient (Wildman–Crippen LogP) is 8.22. The van der Waals surface area contributed by atoms with Crippen LogP contribution < -0.4 is 15.4 Å². The van der Waals surface area contributed by atoms with E-state index in [1.807, 2.05) is 35.8 Å². The standard InChI is InChI=1S/C43H38Cl3N9O6S/c1-21-22(2)62-43-37(21)38(24-9-11-25(44)12-10-24)48-33(40-53-50-23(3)55(40)43)18-36(58)47-15-5-6-26(56)20-61-27-16-30(45)39(31(46)17-27)52-51-32-8-4-7-28-29(32)19-54(42(28)60)34-13-14-35(57)49-41(34)59/h4,7-12,16-17,33-34H,5-6,13-15,18-20H2,1-3H3,(H,47,58)(H,49,57,59). The van der Waals surface area contributed by atoms with Crippen molar-refractivity contribution in [3.8, 4) is 10.8 Å². The van der Waals surface area contributed by atoms with Crippen LogP contribution in [0.15, 0.2) is 69.8 Å². The summed E-state index contributed by atoms with van der Waals surface area (Å²) in [5, 5.41) is 24.4. The Morgan fingerprint density at radius 2 is 1.76 bits per heavy atom. The summed E-state index contributed by atoms with van der Waals surface area (Å²) in [6.07, 6.45) is 0.924. The third-order valence-electron chi connectivity index (χ3n) is 10.9. The number of benzene rings is 3. The molecule has 3 aromatic carbocycles. The first-order valence-electron chi connectivity index (χ1n) is 19.7. The third-order valence-corrected chi connectivity index (χ3v) is 12.9. The number of aryl methyl sites for hydroxylation is 2. The van der Waals surface area contributed by atoms with Crippen molar-refractivity contribution in [2.24, 2.45) is 15.2 Å². The van der Waals surface area contributed by atoms with Gasteiger partial charge >= 0.3 is 0 Å². The SMILES string of the molecule is Cc1sc2c(c1C)C(c1ccc(Cl)cc1)=NC(CC(=O)NCCCC(=O)COc1cc(Cl)c(N=Nc3cccc4c3CN(C3CCC(=O)NC3=O)C4=O)c(Cl)c1)c1nnc(C)n1-2. The smallest absolute Gasteiger partial charge is 0.255 e. The van der Waals surface area contributed by atoms with Crippen molar-refractivity contribution in [3.05, 3.63) is 114 Å². The molecule has 5 aromatic rings. The maximum absolute atomic E-state index is 13.3. The molecule has 0 bridgehead atoms. The fraction of sp³-hybridized carbons (Fsp3) is 0.302. The number of ketones is 1. The lowest BCUT2D eigenvalue weighted by Crippen LogP contribution is -2.52. The Balaban J connectivity index is 0.849. The number of carbonyl (C=O) groups is 5. The number of aliphatic imine (C=N–C) groups is 1. The normalized spacial score (nSPS) is 17.0. The third kappa shape index (κ3) is 8.64. The largest absolute Gasteiger partial charge is 0.486 e. The van der Waals surface area contributed by atoms with E-state index in [0.717, 1.165) is 32.3 Å². The molecular weight excluding hydrogens is 877 g/mol. The fourth-order valence-corrected chi connectivity index (χ4v) is 9.50. The number of amides is 4. The summed E-state index contributed by atoms with van der Waals surface area (Å²) in [6.45, 7) is 6.14. The van der Waals surface area contributed by atoms with E-state index in [9.17, 15) is 24.0 Å². The quantitative estimate of drug-likeness (QED) is 0.0671. The Morgan fingerprint density at radius 1 is 1.00 bits per heavy atom. The zero-order valence-electron chi connectivity index (χ0n) is 33.6. The van der Waals surface area contributed by atoms with Gasteiger partial charge in [0.15, 0.2) is 11.6 Å². The number of fused-ring (bicyclic) bond motifs is 4. The average Bonchev–Trinajstić information content (AvgIpc) is 3.85. The van der Waals surface area contributed by atoms with Crippen molar-refractivity contribution in [2.75, 3.05) is 13.2 Å². The number of halogens is 3. The molecule has 0 saturated carbocycles. The van der Waals surface area contributed by atoms with E-state index < -0.39 is 18.0 Å². The number of aromatic nitrogens is 3. The van der Waals surface area contributed by atoms with Crippen LogP contribution in [0.2, 0.25) is 15.1 Å². The minimum Gasteiger partial charge on any atom is -0.486 e. The molecule has 3 aliphatic heterocycles. The number of nitrogens with one attached hydrogen (secondary N) is 2. The number of Topliss-reactive ketones (excluding diaryl/α,β-unsaturated/α-hetero) is 1. The van der Waals surface area contributed by atoms with Gasteiger partial charge in [-0.2, -0.15) is 5.11 Å². The monoisotopic (exact) mass is 913 g/mol. The molecule has 1 fully saturated rings. The molecular formula is C43H38Cl3N9O6S. The molecule has 5 heterocycles. The van der Waals surface area contributed by atoms with Gasteiger partial charge in [0, 0.05) is 70.2 Å². The summed E-state index contributed by atoms with van der Waals surface area (Å²) < 4.78 is 7.70. The molecule has 8 rings (SSSR count). The van der Waals surface area contributed by atoms with Gasteiger partial charge in [-0.05, 0) is 63.4 Å². The van der Waals surface area contributed by atoms with Crippen LogP contribution in [0.1, 0.15) is 87.3 Å². The first-order valence-corrected chi connectivity index (χ1v) is 21.7. The molecule has 19 heteroatoms. The summed E-state index contributed by atoms with van der Waals surface area (Å²) in [7, 11) is 0. The number of hydrogen-bond donors (Lipinski definition) is 2. The van der Waals surface area contributed by atoms with E-state index in [1.54, 1.807) is 29.5 Å². The van der Waals surface area contributed by atoms with Gasteiger partial charge in [0.2, 0.25) is 17.7 Å². The minimum atomic E-state index is -0.769. The van der Waals surface area contributed by atoms with E-state index in [2.05, 4.69) is 44.9 Å². The van der Waals surface area contributed by atoms with Gasteiger partial charge in [0.05, 0.1) is 27.9 Å². The van der Waals surface area contributed by atoms with E-state index in [4.69, 9.17) is 44.5 Å². The lowest BCUT2D eigenvalue weighted by atomic mass is 9.99. The molecule has 15 nitrogen and oxygen atoms in total. The molecule has 2 unspecified atom stereocenters. The molecule has 3 aliphatic rings. The Bertz CT molecular complexity index is 2710. The van der Waals surface area contributed by atoms with Crippen molar-refractivity contribution in [1.29, 1.82) is 0 Å². The van der Waals surface area contributed by atoms with Crippen LogP contribution in [0.5, 0.6) is 5.75 Å². The highest BCUT2D eigenvalue weighted by Gasteiger charge is 2.40. The van der Waals surface area contributed by atoms with E-state index in [1.165, 1.54) is 17.0 Å². The Labute approximate surface area is 374 Å². The highest BCUT2D eigenvalue weighted by Crippen LogP contribution is 2.41. The van der Waals surface area contributed by atoms with Crippen molar-refractivity contribution in [3.63, 3.8) is 0 Å². The summed E-state index contributed by atoms with van der Waals surface area (Å²) in [6, 6.07) is 14.0. The molecule has 62 heavy (non-hydrogen) atoms. The van der Waals surface area contributed by atoms with Gasteiger partial charge in [-0.3, -0.25) is 38.8 Å². The lowest BCUT2D eigenvalue weighted by Gasteiger charge is -2.29. The van der Waals surface area contributed by atoms with Crippen LogP contribution in [0, 0.1) is 20.8 Å². The zero-order chi connectivity index (χ0) is 43.8. The number of carbonyl (C=O) groups excluding carboxylic acids is 5. The van der Waals surface area contributed by atoms with Gasteiger partial charge in [-0.1, -0.05) is 53.0 Å². The molecule has 0 aliphatic carbocycles. The topological polar surface area (TPSA) is 190 Å². The van der Waals surface area contributed by atoms with Crippen LogP contribution in [0.3, 0.4) is 0 Å². The van der Waals surface area contributed by atoms with Gasteiger partial charge in [0.25, 0.3) is 5.91 Å². The molecule has 2 atom stereocenters. The van der Waals surface area contributed by atoms with Crippen LogP contribution in [0.25, 0.3) is 5.00 Å². The fourth-order valence-electron chi connectivity index (χ4n) is 7.62. The van der Waals surface area contributed by atoms with Crippen molar-refractivity contribution in [1.82, 2.24) is 30.3 Å². The van der Waals surface area contributed by atoms with Gasteiger partial charge in [0.1, 0.15) is 41.0 Å². The maximum atomic E-state index is 13.3. The van der Waals surface area contributed by atoms with Crippen molar-refractivity contribution >= 4 is 92.6 Å². The predicted molar refractivity (Wildman–Crippen MR) is 234 cm³/mol. The van der Waals surface area contributed by atoms with E-state index in [-0.39, 0.29) is 90.4 Å². The second-order valence-corrected chi connectivity index (χ2v) is 17.5. The Morgan fingerprint density at radius 3 is 2.50 bits per heavy atom. The number of ether oxygens (including phenoxy) is 1. The number of nitrogens with zero attached hydrogens (tertiary/aromatic N) is 7. The summed E-state index contributed by atoms with van der Waals surface area (Å²) in [4.78, 5) is 71.2. The maximum Gasteiger partial charge on any atom is 0.255 e. The van der Waals surface area contributed by atoms with Crippen LogP contribution >= 0.6 is 46.1 Å². The highest BCUT2D eigenvalue weighted by molar-refractivity contribution is 7.15. The first-order chi connectivity index (χ1) is 29.8. The van der Waals surface area contributed by atoms with Gasteiger partial charge in [-0.15, -0.1) is 26.6 Å². The lowest BCUT2D eigenvalue weighted by molar-refractivity contribution is -0.137. The second-order valence-electron chi connectivity index (χ2n) is 15.0. The Kier molecular flexibility index (Phi) is 12.4. The van der Waals surface area contributed by atoms with Crippen LogP contribution in [0.4, 0.5) is 11.4 Å². The number of hydrogen-bond acceptors (Lipinski definition) is 12. The number of rotatable bonds is 13. The van der Waals surface area contributed by atoms with Gasteiger partial charge in [-0.25, -0.2) is 0 Å². The first kappa shape index (κ1) is 42.9. The van der Waals surface area contributed by atoms with Gasteiger partial charge < -0.3 is 15.0 Å². The molecule has 2 N–H and O–H groups in total. The molecule has 0 radical (unpaired) electrons. The Hall–Kier alpha value is -5.81. The summed E-state index contributed by atoms with van der Waals surface area (Å²) >= 11 is 20.9. The number of piperidine rings is 1. The van der Waals surface area contributed by atoms with Crippen molar-refractivity contribution < 1.29 is 28.7 Å². The molecule has 318 valence electrons. The van der Waals surface area contributed by atoms with Crippen molar-refractivity contribution in [2.45, 2.75) is 71.5 Å². The molecule has 0 spiro atoms. The number of azo groups is 1.